The molecule has 2 rings (SSSR count). The lowest BCUT2D eigenvalue weighted by atomic mass is 10.1. The van der Waals surface area contributed by atoms with Crippen molar-refractivity contribution in [3.8, 4) is 11.3 Å². The van der Waals surface area contributed by atoms with E-state index >= 15 is 0 Å². The quantitative estimate of drug-likeness (QED) is 0.192. The SMILES string of the molecule is CCCCCCCCCCN(C)OC.O=C(O)c1cc(-c2ccco2)cc(C(F)(F)Cl)n1. The van der Waals surface area contributed by atoms with Crippen molar-refractivity contribution in [1.82, 2.24) is 10.0 Å². The summed E-state index contributed by atoms with van der Waals surface area (Å²) in [5.74, 6) is -1.17. The van der Waals surface area contributed by atoms with E-state index in [1.54, 1.807) is 13.2 Å². The minimum absolute atomic E-state index is 0.169. The summed E-state index contributed by atoms with van der Waals surface area (Å²) in [6.45, 7) is 3.33. The molecule has 0 unspecified atom stereocenters. The normalized spacial score (nSPS) is 11.3. The molecule has 180 valence electrons. The Morgan fingerprint density at radius 3 is 2.31 bits per heavy atom. The highest BCUT2D eigenvalue weighted by atomic mass is 35.5. The van der Waals surface area contributed by atoms with Crippen LogP contribution in [0.25, 0.3) is 11.3 Å². The van der Waals surface area contributed by atoms with Gasteiger partial charge in [0, 0.05) is 19.2 Å². The van der Waals surface area contributed by atoms with Gasteiger partial charge in [0.15, 0.2) is 0 Å². The van der Waals surface area contributed by atoms with Gasteiger partial charge in [-0.2, -0.15) is 13.8 Å². The molecule has 2 aromatic rings. The Labute approximate surface area is 193 Å². The number of aromatic nitrogens is 1. The summed E-state index contributed by atoms with van der Waals surface area (Å²) in [7, 11) is 3.71. The van der Waals surface area contributed by atoms with Gasteiger partial charge in [-0.25, -0.2) is 9.78 Å². The number of hydrogen-bond donors (Lipinski definition) is 1. The van der Waals surface area contributed by atoms with Crippen molar-refractivity contribution in [2.24, 2.45) is 0 Å². The molecule has 32 heavy (non-hydrogen) atoms. The van der Waals surface area contributed by atoms with Gasteiger partial charge in [-0.15, -0.1) is 0 Å². The lowest BCUT2D eigenvalue weighted by molar-refractivity contribution is -0.109. The van der Waals surface area contributed by atoms with Crippen LogP contribution in [-0.4, -0.2) is 41.8 Å². The van der Waals surface area contributed by atoms with E-state index in [9.17, 15) is 13.6 Å². The van der Waals surface area contributed by atoms with E-state index < -0.39 is 22.7 Å². The second kappa shape index (κ2) is 14.9. The van der Waals surface area contributed by atoms with E-state index in [1.165, 1.54) is 63.7 Å². The summed E-state index contributed by atoms with van der Waals surface area (Å²) in [6.07, 6.45) is 12.4. The first-order valence-corrected chi connectivity index (χ1v) is 11.2. The molecule has 0 spiro atoms. The topological polar surface area (TPSA) is 75.8 Å². The Morgan fingerprint density at radius 1 is 1.19 bits per heavy atom. The Morgan fingerprint density at radius 2 is 1.81 bits per heavy atom. The third kappa shape index (κ3) is 11.0. The van der Waals surface area contributed by atoms with Crippen LogP contribution >= 0.6 is 11.6 Å². The maximum atomic E-state index is 13.0. The number of carboxylic acid groups (broad SMARTS) is 1. The number of alkyl halides is 3. The molecule has 0 bridgehead atoms. The molecular weight excluding hydrogens is 442 g/mol. The van der Waals surface area contributed by atoms with Gasteiger partial charge < -0.3 is 14.4 Å². The van der Waals surface area contributed by atoms with Crippen LogP contribution in [0.2, 0.25) is 0 Å². The lowest BCUT2D eigenvalue weighted by Crippen LogP contribution is -2.17. The van der Waals surface area contributed by atoms with Crippen molar-refractivity contribution < 1.29 is 27.9 Å². The second-order valence-electron chi connectivity index (χ2n) is 7.42. The predicted octanol–water partition coefficient (Wildman–Crippen LogP) is 6.95. The number of hydrogen-bond acceptors (Lipinski definition) is 5. The number of rotatable bonds is 13. The molecule has 2 aromatic heterocycles. The number of carboxylic acids is 1. The number of nitrogens with zero attached hydrogens (tertiary/aromatic N) is 2. The number of unbranched alkanes of at least 4 members (excludes halogenated alkanes) is 7. The van der Waals surface area contributed by atoms with E-state index in [-0.39, 0.29) is 11.3 Å². The Bertz CT molecular complexity index is 783. The van der Waals surface area contributed by atoms with Crippen LogP contribution in [-0.2, 0) is 10.2 Å². The summed E-state index contributed by atoms with van der Waals surface area (Å²) in [5, 5.41) is 6.97. The van der Waals surface area contributed by atoms with Crippen LogP contribution in [0.1, 0.15) is 74.5 Å². The van der Waals surface area contributed by atoms with Gasteiger partial charge in [0.1, 0.15) is 17.1 Å². The average molecular weight is 475 g/mol. The van der Waals surface area contributed by atoms with E-state index in [2.05, 4.69) is 11.9 Å². The van der Waals surface area contributed by atoms with Crippen LogP contribution in [0, 0.1) is 0 Å². The number of aromatic carboxylic acids is 1. The second-order valence-corrected chi connectivity index (χ2v) is 7.89. The molecule has 0 aliphatic carbocycles. The highest BCUT2D eigenvalue weighted by Crippen LogP contribution is 2.33. The molecule has 0 atom stereocenters. The van der Waals surface area contributed by atoms with Crippen LogP contribution in [0.3, 0.4) is 0 Å². The molecule has 0 radical (unpaired) electrons. The van der Waals surface area contributed by atoms with Crippen molar-refractivity contribution in [3.63, 3.8) is 0 Å². The maximum Gasteiger partial charge on any atom is 0.364 e. The third-order valence-electron chi connectivity index (χ3n) is 4.78. The fourth-order valence-corrected chi connectivity index (χ4v) is 3.03. The Hall–Kier alpha value is -2.03. The number of halogens is 3. The zero-order valence-electron chi connectivity index (χ0n) is 19.0. The highest BCUT2D eigenvalue weighted by molar-refractivity contribution is 6.21. The molecule has 0 saturated heterocycles. The smallest absolute Gasteiger partial charge is 0.364 e. The van der Waals surface area contributed by atoms with Gasteiger partial charge in [-0.3, -0.25) is 0 Å². The molecule has 0 aliphatic rings. The summed E-state index contributed by atoms with van der Waals surface area (Å²) >= 11 is 4.85. The van der Waals surface area contributed by atoms with Crippen LogP contribution in [0.4, 0.5) is 8.78 Å². The molecule has 9 heteroatoms. The minimum atomic E-state index is -3.74. The third-order valence-corrected chi connectivity index (χ3v) is 4.97. The Kier molecular flexibility index (Phi) is 13.1. The number of furan rings is 1. The summed E-state index contributed by atoms with van der Waals surface area (Å²) in [5.41, 5.74) is -1.20. The summed E-state index contributed by atoms with van der Waals surface area (Å²) < 4.78 is 31.0. The fourth-order valence-electron chi connectivity index (χ4n) is 2.93. The van der Waals surface area contributed by atoms with Gasteiger partial charge in [0.2, 0.25) is 0 Å². The molecule has 0 aliphatic heterocycles. The van der Waals surface area contributed by atoms with Gasteiger partial charge in [-0.05, 0) is 42.3 Å². The van der Waals surface area contributed by atoms with Crippen LogP contribution < -0.4 is 0 Å². The lowest BCUT2D eigenvalue weighted by Gasteiger charge is -2.12. The molecule has 0 saturated carbocycles. The minimum Gasteiger partial charge on any atom is -0.477 e. The molecule has 0 aromatic carbocycles. The van der Waals surface area contributed by atoms with Gasteiger partial charge in [0.05, 0.1) is 13.4 Å². The summed E-state index contributed by atoms with van der Waals surface area (Å²) in [4.78, 5) is 19.2. The van der Waals surface area contributed by atoms with Crippen molar-refractivity contribution in [3.05, 3.63) is 41.9 Å². The highest BCUT2D eigenvalue weighted by Gasteiger charge is 2.31. The van der Waals surface area contributed by atoms with Crippen molar-refractivity contribution in [1.29, 1.82) is 0 Å². The first-order valence-electron chi connectivity index (χ1n) is 10.8. The zero-order chi connectivity index (χ0) is 24.0. The van der Waals surface area contributed by atoms with Crippen molar-refractivity contribution in [2.75, 3.05) is 20.7 Å². The van der Waals surface area contributed by atoms with E-state index in [1.807, 2.05) is 12.1 Å². The van der Waals surface area contributed by atoms with Crippen molar-refractivity contribution >= 4 is 17.6 Å². The van der Waals surface area contributed by atoms with Gasteiger partial charge >= 0.3 is 11.4 Å². The van der Waals surface area contributed by atoms with Gasteiger partial charge in [-0.1, -0.05) is 51.9 Å². The standard InChI is InChI=1S/C12H27NO.C11H6ClF2NO3/c1-4-5-6-7-8-9-10-11-12-13(2)14-3;12-11(13,14)9-5-6(8-2-1-3-18-8)4-7(15-9)10(16)17/h4-12H2,1-3H3;1-5H,(H,16,17). The van der Waals surface area contributed by atoms with Gasteiger partial charge in [0.25, 0.3) is 0 Å². The molecular formula is C23H33ClF2N2O4. The number of hydroxylamine groups is 2. The zero-order valence-corrected chi connectivity index (χ0v) is 19.7. The first-order chi connectivity index (χ1) is 15.2. The first kappa shape index (κ1) is 28.0. The molecule has 2 heterocycles. The van der Waals surface area contributed by atoms with E-state index in [4.69, 9.17) is 26.0 Å². The molecule has 6 nitrogen and oxygen atoms in total. The maximum absolute atomic E-state index is 13.0. The molecule has 1 N–H and O–H groups in total. The van der Waals surface area contributed by atoms with E-state index in [0.29, 0.717) is 0 Å². The molecule has 0 fully saturated rings. The van der Waals surface area contributed by atoms with Crippen LogP contribution in [0.5, 0.6) is 0 Å². The largest absolute Gasteiger partial charge is 0.477 e. The monoisotopic (exact) mass is 474 g/mol. The Balaban J connectivity index is 0.000000333. The van der Waals surface area contributed by atoms with E-state index in [0.717, 1.165) is 18.7 Å². The van der Waals surface area contributed by atoms with Crippen molar-refractivity contribution in [2.45, 2.75) is 63.7 Å². The number of pyridine rings is 1. The average Bonchev–Trinajstić information content (AvgIpc) is 3.30. The number of carbonyl (C=O) groups is 1. The fraction of sp³-hybridized carbons (Fsp3) is 0.565. The summed E-state index contributed by atoms with van der Waals surface area (Å²) in [6, 6.07) is 5.18. The molecule has 0 amide bonds. The predicted molar refractivity (Wildman–Crippen MR) is 121 cm³/mol. The van der Waals surface area contributed by atoms with Crippen LogP contribution in [0.15, 0.2) is 34.9 Å².